The summed E-state index contributed by atoms with van der Waals surface area (Å²) in [6, 6.07) is 15.4. The van der Waals surface area contributed by atoms with Crippen LogP contribution in [-0.2, 0) is 0 Å². The van der Waals surface area contributed by atoms with Crippen LogP contribution in [0, 0.1) is 6.92 Å². The summed E-state index contributed by atoms with van der Waals surface area (Å²) in [5, 5.41) is 0. The summed E-state index contributed by atoms with van der Waals surface area (Å²) < 4.78 is 0. The van der Waals surface area contributed by atoms with Gasteiger partial charge in [-0.3, -0.25) is 0 Å². The summed E-state index contributed by atoms with van der Waals surface area (Å²) in [7, 11) is 0. The molecule has 17 heavy (non-hydrogen) atoms. The third kappa shape index (κ3) is 2.45. The molecule has 0 aliphatic rings. The first-order valence-corrected chi connectivity index (χ1v) is 5.43. The fraction of sp³-hybridized carbons (Fsp3) is 0.0714. The van der Waals surface area contributed by atoms with Gasteiger partial charge in [0, 0.05) is 5.56 Å². The average Bonchev–Trinajstić information content (AvgIpc) is 2.36. The van der Waals surface area contributed by atoms with Crippen molar-refractivity contribution in [3.05, 3.63) is 59.7 Å². The minimum Gasteiger partial charge on any atom is -0.397 e. The molecule has 0 aliphatic heterocycles. The minimum atomic E-state index is 0.475. The van der Waals surface area contributed by atoms with Crippen LogP contribution < -0.4 is 11.5 Å². The highest BCUT2D eigenvalue weighted by Gasteiger charge is 2.02. The maximum Gasteiger partial charge on any atom is 0.131 e. The number of nitrogen functional groups attached to an aromatic ring is 1. The molecule has 0 unspecified atom stereocenters. The van der Waals surface area contributed by atoms with Gasteiger partial charge in [0.25, 0.3) is 0 Å². The van der Waals surface area contributed by atoms with Gasteiger partial charge in [0.15, 0.2) is 0 Å². The van der Waals surface area contributed by atoms with Crippen molar-refractivity contribution in [3.8, 4) is 0 Å². The number of aryl methyl sites for hydroxylation is 1. The molecule has 86 valence electrons. The average molecular weight is 225 g/mol. The fourth-order valence-corrected chi connectivity index (χ4v) is 1.57. The van der Waals surface area contributed by atoms with Crippen LogP contribution in [0.1, 0.15) is 11.1 Å². The Kier molecular flexibility index (Phi) is 3.10. The van der Waals surface area contributed by atoms with Crippen molar-refractivity contribution in [2.24, 2.45) is 10.7 Å². The molecule has 0 atom stereocenters. The molecule has 3 heteroatoms. The predicted octanol–water partition coefficient (Wildman–Crippen LogP) is 2.61. The Morgan fingerprint density at radius 1 is 1.00 bits per heavy atom. The van der Waals surface area contributed by atoms with Crippen LogP contribution in [-0.4, -0.2) is 5.84 Å². The van der Waals surface area contributed by atoms with Gasteiger partial charge in [0.1, 0.15) is 5.84 Å². The number of rotatable bonds is 2. The quantitative estimate of drug-likeness (QED) is 0.469. The van der Waals surface area contributed by atoms with Crippen molar-refractivity contribution in [1.29, 1.82) is 0 Å². The second kappa shape index (κ2) is 4.70. The van der Waals surface area contributed by atoms with Crippen molar-refractivity contribution >= 4 is 17.2 Å². The van der Waals surface area contributed by atoms with Crippen LogP contribution in [0.15, 0.2) is 53.5 Å². The van der Waals surface area contributed by atoms with Gasteiger partial charge in [-0.15, -0.1) is 0 Å². The van der Waals surface area contributed by atoms with Gasteiger partial charge in [-0.1, -0.05) is 42.5 Å². The molecule has 2 aromatic carbocycles. The van der Waals surface area contributed by atoms with Gasteiger partial charge in [-0.05, 0) is 18.6 Å². The molecule has 2 aromatic rings. The van der Waals surface area contributed by atoms with Gasteiger partial charge in [-0.25, -0.2) is 4.99 Å². The molecule has 0 amide bonds. The molecule has 0 saturated carbocycles. The van der Waals surface area contributed by atoms with E-state index in [1.165, 1.54) is 0 Å². The highest BCUT2D eigenvalue weighted by Crippen LogP contribution is 2.25. The maximum absolute atomic E-state index is 5.95. The van der Waals surface area contributed by atoms with Crippen LogP contribution in [0.25, 0.3) is 0 Å². The number of para-hydroxylation sites is 1. The molecule has 0 radical (unpaired) electrons. The van der Waals surface area contributed by atoms with Crippen LogP contribution in [0.4, 0.5) is 11.4 Å². The Hall–Kier alpha value is -2.29. The molecule has 0 aliphatic carbocycles. The normalized spacial score (nSPS) is 11.5. The first kappa shape index (κ1) is 11.2. The Balaban J connectivity index is 2.40. The van der Waals surface area contributed by atoms with E-state index in [-0.39, 0.29) is 0 Å². The SMILES string of the molecule is Cc1cccc(N=C(N)c2ccccc2)c1N. The number of amidine groups is 1. The zero-order chi connectivity index (χ0) is 12.3. The van der Waals surface area contributed by atoms with E-state index in [1.807, 2.05) is 55.5 Å². The summed E-state index contributed by atoms with van der Waals surface area (Å²) in [6.07, 6.45) is 0. The Morgan fingerprint density at radius 2 is 1.71 bits per heavy atom. The standard InChI is InChI=1S/C14H15N3/c1-10-6-5-9-12(13(10)15)17-14(16)11-7-3-2-4-8-11/h2-9H,15H2,1H3,(H2,16,17). The zero-order valence-electron chi connectivity index (χ0n) is 9.72. The first-order chi connectivity index (χ1) is 8.18. The molecule has 3 nitrogen and oxygen atoms in total. The number of aliphatic imine (C=N–C) groups is 1. The Bertz CT molecular complexity index is 545. The lowest BCUT2D eigenvalue weighted by Crippen LogP contribution is -2.12. The van der Waals surface area contributed by atoms with Gasteiger partial charge in [-0.2, -0.15) is 0 Å². The lowest BCUT2D eigenvalue weighted by molar-refractivity contribution is 1.40. The highest BCUT2D eigenvalue weighted by molar-refractivity contribution is 5.99. The number of nitrogens with zero attached hydrogens (tertiary/aromatic N) is 1. The molecule has 2 rings (SSSR count). The third-order valence-corrected chi connectivity index (χ3v) is 2.61. The molecule has 0 aromatic heterocycles. The van der Waals surface area contributed by atoms with Crippen molar-refractivity contribution in [1.82, 2.24) is 0 Å². The Morgan fingerprint density at radius 3 is 2.41 bits per heavy atom. The number of hydrogen-bond acceptors (Lipinski definition) is 2. The molecule has 0 bridgehead atoms. The van der Waals surface area contributed by atoms with E-state index >= 15 is 0 Å². The van der Waals surface area contributed by atoms with E-state index in [1.54, 1.807) is 0 Å². The van der Waals surface area contributed by atoms with Crippen molar-refractivity contribution in [2.45, 2.75) is 6.92 Å². The lowest BCUT2D eigenvalue weighted by atomic mass is 10.1. The minimum absolute atomic E-state index is 0.475. The van der Waals surface area contributed by atoms with Crippen molar-refractivity contribution in [2.75, 3.05) is 5.73 Å². The van der Waals surface area contributed by atoms with Crippen LogP contribution in [0.5, 0.6) is 0 Å². The van der Waals surface area contributed by atoms with Crippen LogP contribution >= 0.6 is 0 Å². The number of anilines is 1. The second-order valence-electron chi connectivity index (χ2n) is 3.87. The van der Waals surface area contributed by atoms with E-state index < -0.39 is 0 Å². The van der Waals surface area contributed by atoms with E-state index in [9.17, 15) is 0 Å². The van der Waals surface area contributed by atoms with Gasteiger partial charge < -0.3 is 11.5 Å². The Labute approximate surface area is 101 Å². The molecule has 0 fully saturated rings. The number of nitrogens with two attached hydrogens (primary N) is 2. The molecular weight excluding hydrogens is 210 g/mol. The van der Waals surface area contributed by atoms with Gasteiger partial charge >= 0.3 is 0 Å². The molecule has 0 saturated heterocycles. The van der Waals surface area contributed by atoms with E-state index in [0.29, 0.717) is 17.2 Å². The molecule has 4 N–H and O–H groups in total. The molecular formula is C14H15N3. The maximum atomic E-state index is 5.95. The van der Waals surface area contributed by atoms with E-state index in [2.05, 4.69) is 4.99 Å². The van der Waals surface area contributed by atoms with Gasteiger partial charge in [0.2, 0.25) is 0 Å². The zero-order valence-corrected chi connectivity index (χ0v) is 9.72. The van der Waals surface area contributed by atoms with Crippen molar-refractivity contribution < 1.29 is 0 Å². The largest absolute Gasteiger partial charge is 0.397 e. The summed E-state index contributed by atoms with van der Waals surface area (Å²) in [6.45, 7) is 1.95. The lowest BCUT2D eigenvalue weighted by Gasteiger charge is -2.05. The monoisotopic (exact) mass is 225 g/mol. The summed E-state index contributed by atoms with van der Waals surface area (Å²) >= 11 is 0. The summed E-state index contributed by atoms with van der Waals surface area (Å²) in [4.78, 5) is 4.36. The fourth-order valence-electron chi connectivity index (χ4n) is 1.57. The van der Waals surface area contributed by atoms with E-state index in [0.717, 1.165) is 11.1 Å². The predicted molar refractivity (Wildman–Crippen MR) is 72.4 cm³/mol. The van der Waals surface area contributed by atoms with Gasteiger partial charge in [0.05, 0.1) is 11.4 Å². The smallest absolute Gasteiger partial charge is 0.131 e. The molecule has 0 spiro atoms. The highest BCUT2D eigenvalue weighted by atomic mass is 14.9. The summed E-state index contributed by atoms with van der Waals surface area (Å²) in [5.41, 5.74) is 15.2. The third-order valence-electron chi connectivity index (χ3n) is 2.61. The topological polar surface area (TPSA) is 64.4 Å². The number of benzene rings is 2. The molecule has 0 heterocycles. The van der Waals surface area contributed by atoms with Crippen molar-refractivity contribution in [3.63, 3.8) is 0 Å². The second-order valence-corrected chi connectivity index (χ2v) is 3.87. The van der Waals surface area contributed by atoms with E-state index in [4.69, 9.17) is 11.5 Å². The first-order valence-electron chi connectivity index (χ1n) is 5.43. The number of hydrogen-bond donors (Lipinski definition) is 2. The van der Waals surface area contributed by atoms with Crippen LogP contribution in [0.2, 0.25) is 0 Å². The van der Waals surface area contributed by atoms with Crippen LogP contribution in [0.3, 0.4) is 0 Å². The summed E-state index contributed by atoms with van der Waals surface area (Å²) in [5.74, 6) is 0.475.